The van der Waals surface area contributed by atoms with E-state index in [0.29, 0.717) is 29.1 Å². The molecule has 0 aliphatic carbocycles. The zero-order valence-electron chi connectivity index (χ0n) is 24.2. The summed E-state index contributed by atoms with van der Waals surface area (Å²) in [6.45, 7) is 7.94. The smallest absolute Gasteiger partial charge is 0.413 e. The maximum atomic E-state index is 13.0. The molecule has 42 heavy (non-hydrogen) atoms. The number of carbonyl (C=O) groups excluding carboxylic acids is 3. The summed E-state index contributed by atoms with van der Waals surface area (Å²) >= 11 is 0. The first kappa shape index (κ1) is 31.8. The fourth-order valence-electron chi connectivity index (χ4n) is 4.47. The molecule has 12 heteroatoms. The number of rotatable bonds is 9. The molecule has 0 aromatic heterocycles. The third-order valence-corrected chi connectivity index (χ3v) is 6.79. The maximum Gasteiger partial charge on any atom is 0.413 e. The van der Waals surface area contributed by atoms with Crippen molar-refractivity contribution in [3.05, 3.63) is 59.2 Å². The lowest BCUT2D eigenvalue weighted by Crippen LogP contribution is -2.40. The van der Waals surface area contributed by atoms with Crippen LogP contribution < -0.4 is 10.6 Å². The van der Waals surface area contributed by atoms with Crippen molar-refractivity contribution in [2.45, 2.75) is 46.1 Å². The number of piperidine rings is 1. The van der Waals surface area contributed by atoms with Gasteiger partial charge >= 0.3 is 18.0 Å². The van der Waals surface area contributed by atoms with Crippen molar-refractivity contribution in [1.29, 1.82) is 10.8 Å². The normalized spacial score (nSPS) is 13.6. The second-order valence-electron chi connectivity index (χ2n) is 10.8. The summed E-state index contributed by atoms with van der Waals surface area (Å²) in [5, 5.41) is 31.1. The Morgan fingerprint density at radius 3 is 2.24 bits per heavy atom. The van der Waals surface area contributed by atoms with Gasteiger partial charge < -0.3 is 24.8 Å². The van der Waals surface area contributed by atoms with Crippen LogP contribution in [0.5, 0.6) is 0 Å². The summed E-state index contributed by atoms with van der Waals surface area (Å²) in [7, 11) is 0. The van der Waals surface area contributed by atoms with E-state index in [4.69, 9.17) is 20.3 Å². The second kappa shape index (κ2) is 13.7. The van der Waals surface area contributed by atoms with Gasteiger partial charge in [0.2, 0.25) is 0 Å². The summed E-state index contributed by atoms with van der Waals surface area (Å²) in [6, 6.07) is 10.9. The van der Waals surface area contributed by atoms with E-state index in [0.717, 1.165) is 25.9 Å². The van der Waals surface area contributed by atoms with Crippen LogP contribution in [0.1, 0.15) is 66.8 Å². The summed E-state index contributed by atoms with van der Waals surface area (Å²) in [5.74, 6) is -1.56. The SMILES string of the molecule is CC(=N)N1CCC(CNC(=O)c2cc(C(=O)O)cc(-c3cccc(C(=N)NC(=O)OC(C)(C)COC(C)=O)c3)c2)CC1. The van der Waals surface area contributed by atoms with Gasteiger partial charge in [-0.2, -0.15) is 0 Å². The summed E-state index contributed by atoms with van der Waals surface area (Å²) < 4.78 is 10.2. The summed E-state index contributed by atoms with van der Waals surface area (Å²) in [5.41, 5.74) is 0.312. The molecule has 1 saturated heterocycles. The lowest BCUT2D eigenvalue weighted by atomic mass is 9.96. The number of esters is 1. The fraction of sp³-hybridized carbons (Fsp3) is 0.400. The molecule has 1 aliphatic heterocycles. The van der Waals surface area contributed by atoms with Crippen LogP contribution in [-0.4, -0.2) is 77.5 Å². The molecular formula is C30H37N5O7. The third-order valence-electron chi connectivity index (χ3n) is 6.79. The van der Waals surface area contributed by atoms with Crippen molar-refractivity contribution >= 4 is 35.6 Å². The molecule has 2 aromatic carbocycles. The minimum absolute atomic E-state index is 0.0652. The molecule has 1 aliphatic rings. The van der Waals surface area contributed by atoms with Gasteiger partial charge in [0.1, 0.15) is 18.0 Å². The Labute approximate surface area is 244 Å². The Morgan fingerprint density at radius 1 is 0.976 bits per heavy atom. The van der Waals surface area contributed by atoms with Crippen LogP contribution in [0.15, 0.2) is 42.5 Å². The highest BCUT2D eigenvalue weighted by molar-refractivity contribution is 6.05. The average Bonchev–Trinajstić information content (AvgIpc) is 2.94. The van der Waals surface area contributed by atoms with E-state index >= 15 is 0 Å². The van der Waals surface area contributed by atoms with E-state index in [1.54, 1.807) is 51.1 Å². The molecule has 1 fully saturated rings. The Bertz CT molecular complexity index is 1380. The molecule has 0 spiro atoms. The first-order valence-corrected chi connectivity index (χ1v) is 13.5. The minimum atomic E-state index is -1.19. The maximum absolute atomic E-state index is 13.0. The summed E-state index contributed by atoms with van der Waals surface area (Å²) in [4.78, 5) is 50.3. The van der Waals surface area contributed by atoms with Gasteiger partial charge in [0.05, 0.1) is 11.4 Å². The zero-order chi connectivity index (χ0) is 31.0. The number of alkyl carbamates (subject to hydrolysis) is 1. The lowest BCUT2D eigenvalue weighted by Gasteiger charge is -2.32. The number of hydrogen-bond donors (Lipinski definition) is 5. The molecule has 12 nitrogen and oxygen atoms in total. The molecule has 0 radical (unpaired) electrons. The van der Waals surface area contributed by atoms with E-state index in [1.807, 2.05) is 4.90 Å². The Balaban J connectivity index is 1.72. The molecule has 224 valence electrons. The van der Waals surface area contributed by atoms with Gasteiger partial charge in [-0.3, -0.25) is 25.7 Å². The number of amides is 2. The highest BCUT2D eigenvalue weighted by Gasteiger charge is 2.25. The molecule has 2 amide bonds. The number of nitrogens with one attached hydrogen (secondary N) is 4. The molecule has 3 rings (SSSR count). The van der Waals surface area contributed by atoms with Crippen molar-refractivity contribution in [3.8, 4) is 11.1 Å². The molecule has 1 heterocycles. The second-order valence-corrected chi connectivity index (χ2v) is 10.8. The van der Waals surface area contributed by atoms with Gasteiger partial charge in [-0.05, 0) is 74.9 Å². The molecule has 0 unspecified atom stereocenters. The van der Waals surface area contributed by atoms with Crippen LogP contribution in [0.2, 0.25) is 0 Å². The minimum Gasteiger partial charge on any atom is -0.478 e. The number of benzene rings is 2. The number of aromatic carboxylic acids is 1. The highest BCUT2D eigenvalue weighted by atomic mass is 16.6. The first-order chi connectivity index (χ1) is 19.7. The Morgan fingerprint density at radius 2 is 1.62 bits per heavy atom. The zero-order valence-corrected chi connectivity index (χ0v) is 24.2. The van der Waals surface area contributed by atoms with Crippen molar-refractivity contribution in [2.75, 3.05) is 26.2 Å². The fourth-order valence-corrected chi connectivity index (χ4v) is 4.47. The first-order valence-electron chi connectivity index (χ1n) is 13.5. The van der Waals surface area contributed by atoms with Gasteiger partial charge in [0, 0.05) is 37.7 Å². The quantitative estimate of drug-likeness (QED) is 0.168. The van der Waals surface area contributed by atoms with Crippen LogP contribution in [-0.2, 0) is 14.3 Å². The van der Waals surface area contributed by atoms with Crippen LogP contribution in [0.3, 0.4) is 0 Å². The predicted octanol–water partition coefficient (Wildman–Crippen LogP) is 3.88. The van der Waals surface area contributed by atoms with Crippen LogP contribution in [0.25, 0.3) is 11.1 Å². The average molecular weight is 580 g/mol. The molecule has 0 atom stereocenters. The molecule has 2 aromatic rings. The van der Waals surface area contributed by atoms with Gasteiger partial charge in [0.15, 0.2) is 0 Å². The predicted molar refractivity (Wildman–Crippen MR) is 156 cm³/mol. The van der Waals surface area contributed by atoms with E-state index in [9.17, 15) is 24.3 Å². The number of ether oxygens (including phenoxy) is 2. The topological polar surface area (TPSA) is 182 Å². The lowest BCUT2D eigenvalue weighted by molar-refractivity contribution is -0.147. The highest BCUT2D eigenvalue weighted by Crippen LogP contribution is 2.25. The van der Waals surface area contributed by atoms with Crippen LogP contribution in [0.4, 0.5) is 4.79 Å². The monoisotopic (exact) mass is 579 g/mol. The van der Waals surface area contributed by atoms with Crippen molar-refractivity contribution in [2.24, 2.45) is 5.92 Å². The van der Waals surface area contributed by atoms with Crippen LogP contribution >= 0.6 is 0 Å². The number of nitrogens with zero attached hydrogens (tertiary/aromatic N) is 1. The number of amidine groups is 2. The standard InChI is InChI=1S/C30H37N5O7/c1-18(31)35-10-8-20(9-11-35)16-33-27(37)24-13-23(14-25(15-24)28(38)39)21-6-5-7-22(12-21)26(32)34-29(40)42-30(3,4)17-41-19(2)36/h5-7,12-15,20,31H,8-11,16-17H2,1-4H3,(H,33,37)(H,38,39)(H2,32,34,40). The largest absolute Gasteiger partial charge is 0.478 e. The number of hydrogen-bond acceptors (Lipinski definition) is 8. The van der Waals surface area contributed by atoms with Crippen LogP contribution in [0, 0.1) is 16.7 Å². The summed E-state index contributed by atoms with van der Waals surface area (Å²) in [6.07, 6.45) is 0.787. The molecular weight excluding hydrogens is 542 g/mol. The number of carboxylic acid groups (broad SMARTS) is 1. The number of likely N-dealkylation sites (tertiary alicyclic amines) is 1. The van der Waals surface area contributed by atoms with Gasteiger partial charge in [-0.15, -0.1) is 0 Å². The Hall–Kier alpha value is -4.74. The molecule has 0 bridgehead atoms. The van der Waals surface area contributed by atoms with Crippen molar-refractivity contribution in [1.82, 2.24) is 15.5 Å². The van der Waals surface area contributed by atoms with E-state index in [-0.39, 0.29) is 29.5 Å². The molecule has 5 N–H and O–H groups in total. The van der Waals surface area contributed by atoms with E-state index in [2.05, 4.69) is 10.6 Å². The van der Waals surface area contributed by atoms with Crippen molar-refractivity contribution < 1.29 is 33.8 Å². The van der Waals surface area contributed by atoms with Gasteiger partial charge in [-0.25, -0.2) is 9.59 Å². The van der Waals surface area contributed by atoms with Gasteiger partial charge in [-0.1, -0.05) is 18.2 Å². The third kappa shape index (κ3) is 9.15. The van der Waals surface area contributed by atoms with Crippen molar-refractivity contribution in [3.63, 3.8) is 0 Å². The van der Waals surface area contributed by atoms with E-state index < -0.39 is 29.5 Å². The van der Waals surface area contributed by atoms with E-state index in [1.165, 1.54) is 19.1 Å². The van der Waals surface area contributed by atoms with Gasteiger partial charge in [0.25, 0.3) is 5.91 Å². The number of carboxylic acids is 1. The molecule has 0 saturated carbocycles. The Kier molecular flexibility index (Phi) is 10.4. The number of carbonyl (C=O) groups is 4.